The Morgan fingerprint density at radius 2 is 2.21 bits per heavy atom. The number of guanidine groups is 1. The number of para-hydroxylation sites is 1. The Balaban J connectivity index is 0.00000208. The van der Waals surface area contributed by atoms with Gasteiger partial charge in [-0.3, -0.25) is 9.67 Å². The molecule has 3 rings (SSSR count). The average molecular weight is 441 g/mol. The Kier molecular flexibility index (Phi) is 6.89. The number of aliphatic imine (C=N–C) groups is 1. The minimum atomic E-state index is 0. The Bertz CT molecular complexity index is 660. The molecule has 1 atom stereocenters. The molecule has 6 nitrogen and oxygen atoms in total. The molecule has 1 unspecified atom stereocenters. The van der Waals surface area contributed by atoms with E-state index in [0.29, 0.717) is 0 Å². The summed E-state index contributed by atoms with van der Waals surface area (Å²) in [6, 6.07) is 8.20. The fourth-order valence-electron chi connectivity index (χ4n) is 2.68. The van der Waals surface area contributed by atoms with Crippen molar-refractivity contribution in [2.75, 3.05) is 20.1 Å². The standard InChI is InChI=1S/C17H23N5O.HI/c1-13-10-21-22(12-13)8-7-19-17(18-2)20-11-15-9-14-5-3-4-6-16(14)23-15;/h3-6,10,12,15H,7-9,11H2,1-2H3,(H2,18,19,20);1H. The van der Waals surface area contributed by atoms with Crippen LogP contribution in [0.2, 0.25) is 0 Å². The second-order valence-corrected chi connectivity index (χ2v) is 5.71. The molecule has 0 spiro atoms. The number of ether oxygens (including phenoxy) is 1. The van der Waals surface area contributed by atoms with Gasteiger partial charge in [0.05, 0.1) is 19.3 Å². The van der Waals surface area contributed by atoms with Crippen LogP contribution in [-0.2, 0) is 13.0 Å². The largest absolute Gasteiger partial charge is 0.488 e. The monoisotopic (exact) mass is 441 g/mol. The summed E-state index contributed by atoms with van der Waals surface area (Å²) >= 11 is 0. The van der Waals surface area contributed by atoms with Crippen LogP contribution >= 0.6 is 24.0 Å². The summed E-state index contributed by atoms with van der Waals surface area (Å²) in [5.74, 6) is 1.78. The second kappa shape index (κ2) is 8.91. The van der Waals surface area contributed by atoms with Crippen molar-refractivity contribution >= 4 is 29.9 Å². The Morgan fingerprint density at radius 1 is 1.38 bits per heavy atom. The predicted molar refractivity (Wildman–Crippen MR) is 106 cm³/mol. The van der Waals surface area contributed by atoms with Crippen LogP contribution in [0.4, 0.5) is 0 Å². The zero-order chi connectivity index (χ0) is 16.1. The Hall–Kier alpha value is -1.77. The zero-order valence-electron chi connectivity index (χ0n) is 14.0. The van der Waals surface area contributed by atoms with Gasteiger partial charge in [-0.25, -0.2) is 0 Å². The van der Waals surface area contributed by atoms with Crippen LogP contribution in [0.25, 0.3) is 0 Å². The van der Waals surface area contributed by atoms with Gasteiger partial charge in [0.25, 0.3) is 0 Å². The number of halogens is 1. The van der Waals surface area contributed by atoms with Crippen molar-refractivity contribution in [1.82, 2.24) is 20.4 Å². The van der Waals surface area contributed by atoms with Crippen molar-refractivity contribution in [3.63, 3.8) is 0 Å². The van der Waals surface area contributed by atoms with Crippen LogP contribution < -0.4 is 15.4 Å². The molecule has 0 radical (unpaired) electrons. The van der Waals surface area contributed by atoms with E-state index in [0.717, 1.165) is 37.8 Å². The lowest BCUT2D eigenvalue weighted by atomic mass is 10.1. The maximum atomic E-state index is 5.92. The highest BCUT2D eigenvalue weighted by atomic mass is 127. The van der Waals surface area contributed by atoms with E-state index < -0.39 is 0 Å². The number of benzene rings is 1. The number of hydrogen-bond donors (Lipinski definition) is 2. The quantitative estimate of drug-likeness (QED) is 0.423. The first kappa shape index (κ1) is 18.6. The molecule has 1 aromatic heterocycles. The first-order valence-electron chi connectivity index (χ1n) is 7.93. The molecule has 0 aliphatic carbocycles. The summed E-state index contributed by atoms with van der Waals surface area (Å²) in [5.41, 5.74) is 2.45. The van der Waals surface area contributed by atoms with Gasteiger partial charge >= 0.3 is 0 Å². The maximum absolute atomic E-state index is 5.92. The van der Waals surface area contributed by atoms with Crippen molar-refractivity contribution in [2.45, 2.75) is 26.0 Å². The molecule has 2 aromatic rings. The van der Waals surface area contributed by atoms with Gasteiger partial charge in [0.2, 0.25) is 0 Å². The molecule has 24 heavy (non-hydrogen) atoms. The molecule has 7 heteroatoms. The highest BCUT2D eigenvalue weighted by molar-refractivity contribution is 14.0. The molecule has 0 fully saturated rings. The van der Waals surface area contributed by atoms with Gasteiger partial charge in [-0.2, -0.15) is 5.10 Å². The van der Waals surface area contributed by atoms with E-state index in [1.54, 1.807) is 7.05 Å². The van der Waals surface area contributed by atoms with Crippen LogP contribution in [0.1, 0.15) is 11.1 Å². The summed E-state index contributed by atoms with van der Waals surface area (Å²) < 4.78 is 7.84. The first-order valence-corrected chi connectivity index (χ1v) is 7.93. The molecule has 0 saturated carbocycles. The number of hydrogen-bond acceptors (Lipinski definition) is 3. The van der Waals surface area contributed by atoms with E-state index in [-0.39, 0.29) is 30.1 Å². The molecule has 2 N–H and O–H groups in total. The van der Waals surface area contributed by atoms with Crippen LogP contribution in [-0.4, -0.2) is 42.0 Å². The van der Waals surface area contributed by atoms with E-state index in [9.17, 15) is 0 Å². The SMILES string of the molecule is CN=C(NCCn1cc(C)cn1)NCC1Cc2ccccc2O1.I. The van der Waals surface area contributed by atoms with Gasteiger partial charge in [0.1, 0.15) is 11.9 Å². The zero-order valence-corrected chi connectivity index (χ0v) is 16.4. The van der Waals surface area contributed by atoms with Crippen molar-refractivity contribution in [1.29, 1.82) is 0 Å². The molecule has 130 valence electrons. The molecule has 1 aromatic carbocycles. The van der Waals surface area contributed by atoms with E-state index >= 15 is 0 Å². The third-order valence-corrected chi connectivity index (χ3v) is 3.83. The Morgan fingerprint density at radius 3 is 2.92 bits per heavy atom. The summed E-state index contributed by atoms with van der Waals surface area (Å²) in [5, 5.41) is 10.9. The molecule has 1 aliphatic heterocycles. The van der Waals surface area contributed by atoms with Gasteiger partial charge in [-0.05, 0) is 24.1 Å². The highest BCUT2D eigenvalue weighted by Crippen LogP contribution is 2.27. The topological polar surface area (TPSA) is 63.5 Å². The van der Waals surface area contributed by atoms with Gasteiger partial charge in [-0.15, -0.1) is 24.0 Å². The van der Waals surface area contributed by atoms with Crippen LogP contribution in [0, 0.1) is 6.92 Å². The summed E-state index contributed by atoms with van der Waals surface area (Å²) in [4.78, 5) is 4.24. The lowest BCUT2D eigenvalue weighted by molar-refractivity contribution is 0.235. The van der Waals surface area contributed by atoms with E-state index in [1.807, 2.05) is 36.1 Å². The Labute approximate surface area is 159 Å². The second-order valence-electron chi connectivity index (χ2n) is 5.71. The number of fused-ring (bicyclic) bond motifs is 1. The molecule has 0 bridgehead atoms. The smallest absolute Gasteiger partial charge is 0.191 e. The summed E-state index contributed by atoms with van der Waals surface area (Å²) in [6.07, 6.45) is 4.98. The van der Waals surface area contributed by atoms with Gasteiger partial charge in [-0.1, -0.05) is 18.2 Å². The number of nitrogens with one attached hydrogen (secondary N) is 2. The summed E-state index contributed by atoms with van der Waals surface area (Å²) in [7, 11) is 1.78. The summed E-state index contributed by atoms with van der Waals surface area (Å²) in [6.45, 7) is 4.35. The minimum Gasteiger partial charge on any atom is -0.488 e. The minimum absolute atomic E-state index is 0. The number of aromatic nitrogens is 2. The van der Waals surface area contributed by atoms with Crippen molar-refractivity contribution in [2.24, 2.45) is 4.99 Å². The van der Waals surface area contributed by atoms with Crippen LogP contribution in [0.15, 0.2) is 41.7 Å². The van der Waals surface area contributed by atoms with E-state index in [4.69, 9.17) is 4.74 Å². The van der Waals surface area contributed by atoms with Gasteiger partial charge in [0.15, 0.2) is 5.96 Å². The lowest BCUT2D eigenvalue weighted by Crippen LogP contribution is -2.43. The third kappa shape index (κ3) is 4.86. The lowest BCUT2D eigenvalue weighted by Gasteiger charge is -2.15. The van der Waals surface area contributed by atoms with Gasteiger partial charge < -0.3 is 15.4 Å². The third-order valence-electron chi connectivity index (χ3n) is 3.83. The van der Waals surface area contributed by atoms with Crippen molar-refractivity contribution in [3.8, 4) is 5.75 Å². The number of rotatable bonds is 5. The van der Waals surface area contributed by atoms with Crippen LogP contribution in [0.5, 0.6) is 5.75 Å². The number of nitrogens with zero attached hydrogens (tertiary/aromatic N) is 3. The van der Waals surface area contributed by atoms with E-state index in [1.165, 1.54) is 11.1 Å². The number of aryl methyl sites for hydroxylation is 1. The molecule has 1 aliphatic rings. The van der Waals surface area contributed by atoms with Gasteiger partial charge in [0, 0.05) is 26.2 Å². The molecule has 0 amide bonds. The molecule has 2 heterocycles. The van der Waals surface area contributed by atoms with Crippen molar-refractivity contribution in [3.05, 3.63) is 47.8 Å². The normalized spacial score (nSPS) is 16.1. The van der Waals surface area contributed by atoms with Crippen LogP contribution in [0.3, 0.4) is 0 Å². The predicted octanol–water partition coefficient (Wildman–Crippen LogP) is 1.98. The highest BCUT2D eigenvalue weighted by Gasteiger charge is 2.22. The fourth-order valence-corrected chi connectivity index (χ4v) is 2.68. The van der Waals surface area contributed by atoms with Crippen molar-refractivity contribution < 1.29 is 4.74 Å². The molecular formula is C17H24IN5O. The maximum Gasteiger partial charge on any atom is 0.191 e. The van der Waals surface area contributed by atoms with E-state index in [2.05, 4.69) is 32.9 Å². The molecular weight excluding hydrogens is 417 g/mol. The molecule has 0 saturated heterocycles. The fraction of sp³-hybridized carbons (Fsp3) is 0.412. The average Bonchev–Trinajstić information content (AvgIpc) is 3.16. The first-order chi connectivity index (χ1) is 11.2.